The number of nitrogens with two attached hydrogens (primary N) is 1. The number of aromatic nitrogens is 3. The number of anilines is 1. The molecule has 0 saturated heterocycles. The number of nitrogens with zero attached hydrogens (tertiary/aromatic N) is 5. The SMILES string of the molecule is CCCCC[C@H](CN(O)C=O)C(=O)N(N)c1ccc(Cc2ccccn2)nn1. The molecule has 0 aliphatic carbocycles. The van der Waals surface area contributed by atoms with Crippen molar-refractivity contribution < 1.29 is 14.8 Å². The maximum Gasteiger partial charge on any atom is 0.247 e. The maximum atomic E-state index is 12.7. The van der Waals surface area contributed by atoms with E-state index in [0.717, 1.165) is 30.0 Å². The van der Waals surface area contributed by atoms with Gasteiger partial charge in [-0.25, -0.2) is 15.9 Å². The second-order valence-corrected chi connectivity index (χ2v) is 6.51. The lowest BCUT2D eigenvalue weighted by Gasteiger charge is -2.24. The van der Waals surface area contributed by atoms with Crippen LogP contribution >= 0.6 is 0 Å². The predicted octanol–water partition coefficient (Wildman–Crippen LogP) is 1.71. The van der Waals surface area contributed by atoms with Gasteiger partial charge in [-0.15, -0.1) is 5.10 Å². The predicted molar refractivity (Wildman–Crippen MR) is 103 cm³/mol. The molecule has 1 atom stereocenters. The molecule has 0 spiro atoms. The highest BCUT2D eigenvalue weighted by molar-refractivity contribution is 5.93. The van der Waals surface area contributed by atoms with Crippen LogP contribution in [0.25, 0.3) is 0 Å². The highest BCUT2D eigenvalue weighted by atomic mass is 16.5. The summed E-state index contributed by atoms with van der Waals surface area (Å²) in [6, 6.07) is 8.98. The van der Waals surface area contributed by atoms with E-state index in [1.165, 1.54) is 0 Å². The lowest BCUT2D eigenvalue weighted by molar-refractivity contribution is -0.154. The quantitative estimate of drug-likeness (QED) is 0.150. The number of amides is 2. The zero-order valence-electron chi connectivity index (χ0n) is 15.9. The van der Waals surface area contributed by atoms with Crippen molar-refractivity contribution in [2.24, 2.45) is 11.8 Å². The van der Waals surface area contributed by atoms with Gasteiger partial charge in [-0.3, -0.25) is 19.8 Å². The van der Waals surface area contributed by atoms with Gasteiger partial charge in [0.25, 0.3) is 0 Å². The summed E-state index contributed by atoms with van der Waals surface area (Å²) in [5.74, 6) is 5.09. The maximum absolute atomic E-state index is 12.7. The summed E-state index contributed by atoms with van der Waals surface area (Å²) in [6.45, 7) is 1.93. The Morgan fingerprint density at radius 2 is 2.04 bits per heavy atom. The molecule has 0 fully saturated rings. The van der Waals surface area contributed by atoms with Gasteiger partial charge in [-0.2, -0.15) is 5.10 Å². The first-order valence-electron chi connectivity index (χ1n) is 9.27. The highest BCUT2D eigenvalue weighted by Crippen LogP contribution is 2.17. The summed E-state index contributed by atoms with van der Waals surface area (Å²) >= 11 is 0. The van der Waals surface area contributed by atoms with Crippen LogP contribution in [0, 0.1) is 5.92 Å². The first-order chi connectivity index (χ1) is 13.5. The van der Waals surface area contributed by atoms with Crippen molar-refractivity contribution >= 4 is 18.1 Å². The number of hydroxylamine groups is 2. The van der Waals surface area contributed by atoms with E-state index in [-0.39, 0.29) is 18.8 Å². The van der Waals surface area contributed by atoms with Gasteiger partial charge in [-0.1, -0.05) is 32.3 Å². The van der Waals surface area contributed by atoms with Gasteiger partial charge >= 0.3 is 0 Å². The molecule has 28 heavy (non-hydrogen) atoms. The van der Waals surface area contributed by atoms with E-state index in [2.05, 4.69) is 22.1 Å². The fourth-order valence-corrected chi connectivity index (χ4v) is 2.78. The van der Waals surface area contributed by atoms with Crippen molar-refractivity contribution in [3.05, 3.63) is 47.9 Å². The molecule has 9 nitrogen and oxygen atoms in total. The standard InChI is InChI=1S/C19H26N6O3/c1-2-3-4-7-15(13-24(28)14-26)19(27)25(20)18-10-9-17(22-23-18)12-16-8-5-6-11-21-16/h5-6,8-11,14-15,28H,2-4,7,12-13,20H2,1H3/t15-/m1/s1. The van der Waals surface area contributed by atoms with E-state index in [0.29, 0.717) is 23.6 Å². The number of hydrazine groups is 1. The molecule has 0 bridgehead atoms. The first kappa shape index (κ1) is 21.4. The van der Waals surface area contributed by atoms with Crippen molar-refractivity contribution in [2.75, 3.05) is 11.6 Å². The number of rotatable bonds is 11. The van der Waals surface area contributed by atoms with Gasteiger partial charge in [0.15, 0.2) is 5.82 Å². The third kappa shape index (κ3) is 6.36. The molecule has 150 valence electrons. The lowest BCUT2D eigenvalue weighted by atomic mass is 10.00. The Kier molecular flexibility index (Phi) is 8.44. The fraction of sp³-hybridized carbons (Fsp3) is 0.421. The zero-order chi connectivity index (χ0) is 20.4. The average molecular weight is 386 g/mol. The van der Waals surface area contributed by atoms with Crippen molar-refractivity contribution in [2.45, 2.75) is 39.0 Å². The second-order valence-electron chi connectivity index (χ2n) is 6.51. The Balaban J connectivity index is 2.04. The summed E-state index contributed by atoms with van der Waals surface area (Å²) in [5, 5.41) is 19.0. The number of pyridine rings is 1. The fourth-order valence-electron chi connectivity index (χ4n) is 2.78. The normalized spacial score (nSPS) is 11.7. The minimum absolute atomic E-state index is 0.120. The number of unbranched alkanes of at least 4 members (excludes halogenated alkanes) is 2. The Hall–Kier alpha value is -2.91. The summed E-state index contributed by atoms with van der Waals surface area (Å²) in [6.07, 6.45) is 5.74. The Bertz CT molecular complexity index is 741. The molecule has 0 aliphatic heterocycles. The first-order valence-corrected chi connectivity index (χ1v) is 9.27. The van der Waals surface area contributed by atoms with E-state index >= 15 is 0 Å². The molecular formula is C19H26N6O3. The van der Waals surface area contributed by atoms with Crippen LogP contribution in [0.5, 0.6) is 0 Å². The minimum Gasteiger partial charge on any atom is -0.286 e. The largest absolute Gasteiger partial charge is 0.286 e. The third-order valence-electron chi connectivity index (χ3n) is 4.31. The van der Waals surface area contributed by atoms with Crippen LogP contribution < -0.4 is 10.9 Å². The van der Waals surface area contributed by atoms with Crippen molar-refractivity contribution in [3.63, 3.8) is 0 Å². The molecule has 2 aromatic heterocycles. The number of carbonyl (C=O) groups excluding carboxylic acids is 2. The summed E-state index contributed by atoms with van der Waals surface area (Å²) in [5.41, 5.74) is 1.56. The van der Waals surface area contributed by atoms with E-state index in [1.807, 2.05) is 18.2 Å². The van der Waals surface area contributed by atoms with Gasteiger partial charge in [-0.05, 0) is 30.7 Å². The van der Waals surface area contributed by atoms with Crippen LogP contribution in [0.3, 0.4) is 0 Å². The Labute approximate surface area is 164 Å². The molecule has 0 unspecified atom stereocenters. The summed E-state index contributed by atoms with van der Waals surface area (Å²) in [4.78, 5) is 27.7. The molecule has 2 amide bonds. The minimum atomic E-state index is -0.623. The summed E-state index contributed by atoms with van der Waals surface area (Å²) in [7, 11) is 0. The van der Waals surface area contributed by atoms with Gasteiger partial charge < -0.3 is 0 Å². The van der Waals surface area contributed by atoms with Crippen molar-refractivity contribution in [1.29, 1.82) is 0 Å². The van der Waals surface area contributed by atoms with Crippen LogP contribution in [-0.2, 0) is 16.0 Å². The third-order valence-corrected chi connectivity index (χ3v) is 4.31. The Morgan fingerprint density at radius 1 is 1.21 bits per heavy atom. The van der Waals surface area contributed by atoms with Crippen molar-refractivity contribution in [3.8, 4) is 0 Å². The zero-order valence-corrected chi connectivity index (χ0v) is 15.9. The molecule has 2 aromatic rings. The lowest BCUT2D eigenvalue weighted by Crippen LogP contribution is -2.45. The average Bonchev–Trinajstić information content (AvgIpc) is 2.73. The van der Waals surface area contributed by atoms with Gasteiger partial charge in [0.2, 0.25) is 12.3 Å². The molecule has 0 aromatic carbocycles. The number of carbonyl (C=O) groups is 2. The van der Waals surface area contributed by atoms with Crippen LogP contribution in [-0.4, -0.2) is 44.3 Å². The smallest absolute Gasteiger partial charge is 0.247 e. The molecule has 0 radical (unpaired) electrons. The van der Waals surface area contributed by atoms with Crippen molar-refractivity contribution in [1.82, 2.24) is 20.2 Å². The highest BCUT2D eigenvalue weighted by Gasteiger charge is 2.26. The second kappa shape index (κ2) is 11.1. The molecule has 2 rings (SSSR count). The monoisotopic (exact) mass is 386 g/mol. The van der Waals surface area contributed by atoms with E-state index in [1.54, 1.807) is 18.3 Å². The van der Waals surface area contributed by atoms with Gasteiger partial charge in [0.05, 0.1) is 18.2 Å². The van der Waals surface area contributed by atoms with Crippen LogP contribution in [0.2, 0.25) is 0 Å². The summed E-state index contributed by atoms with van der Waals surface area (Å²) < 4.78 is 0. The molecule has 9 heteroatoms. The van der Waals surface area contributed by atoms with Gasteiger partial charge in [0, 0.05) is 18.3 Å². The Morgan fingerprint density at radius 3 is 2.64 bits per heavy atom. The topological polar surface area (TPSA) is 126 Å². The van der Waals surface area contributed by atoms with Crippen LogP contribution in [0.4, 0.5) is 5.82 Å². The molecule has 3 N–H and O–H groups in total. The molecule has 0 saturated carbocycles. The molecule has 2 heterocycles. The van der Waals surface area contributed by atoms with Gasteiger partial charge in [0.1, 0.15) is 0 Å². The van der Waals surface area contributed by atoms with Crippen LogP contribution in [0.15, 0.2) is 36.5 Å². The van der Waals surface area contributed by atoms with E-state index in [4.69, 9.17) is 5.84 Å². The van der Waals surface area contributed by atoms with Crippen LogP contribution in [0.1, 0.15) is 44.0 Å². The molecular weight excluding hydrogens is 360 g/mol. The molecule has 0 aliphatic rings. The van der Waals surface area contributed by atoms with E-state index < -0.39 is 11.8 Å². The van der Waals surface area contributed by atoms with E-state index in [9.17, 15) is 14.8 Å². The number of hydrogen-bond acceptors (Lipinski definition) is 7. The number of hydrogen-bond donors (Lipinski definition) is 2.